The Kier molecular flexibility index (Phi) is 6.35. The molecule has 3 aromatic rings. The molecule has 33 heavy (non-hydrogen) atoms. The van der Waals surface area contributed by atoms with Crippen LogP contribution in [-0.4, -0.2) is 22.0 Å². The molecular weight excluding hydrogens is 431 g/mol. The fourth-order valence-corrected chi connectivity index (χ4v) is 3.97. The van der Waals surface area contributed by atoms with Crippen molar-refractivity contribution in [2.24, 2.45) is 0 Å². The molecule has 2 aromatic carbocycles. The van der Waals surface area contributed by atoms with E-state index in [-0.39, 0.29) is 5.56 Å². The predicted octanol–water partition coefficient (Wildman–Crippen LogP) is 5.38. The third kappa shape index (κ3) is 5.16. The molecule has 1 N–H and O–H groups in total. The van der Waals surface area contributed by atoms with E-state index >= 15 is 0 Å². The van der Waals surface area contributed by atoms with Gasteiger partial charge in [0, 0.05) is 34.8 Å². The lowest BCUT2D eigenvalue weighted by molar-refractivity contribution is -0.137. The summed E-state index contributed by atoms with van der Waals surface area (Å²) in [5.74, 6) is -0.0271. The summed E-state index contributed by atoms with van der Waals surface area (Å²) < 4.78 is 40.1. The normalized spacial score (nSPS) is 13.7. The number of hydrogen-bond acceptors (Lipinski definition) is 3. The molecule has 8 heteroatoms. The number of benzene rings is 2. The maximum Gasteiger partial charge on any atom is 0.416 e. The molecule has 0 saturated heterocycles. The highest BCUT2D eigenvalue weighted by molar-refractivity contribution is 6.04. The van der Waals surface area contributed by atoms with Crippen molar-refractivity contribution in [2.45, 2.75) is 51.2 Å². The molecule has 1 heterocycles. The molecule has 1 amide bonds. The number of aryl methyl sites for hydroxylation is 1. The van der Waals surface area contributed by atoms with Crippen LogP contribution in [0.1, 0.15) is 64.1 Å². The van der Waals surface area contributed by atoms with Crippen LogP contribution in [0, 0.1) is 0 Å². The van der Waals surface area contributed by atoms with Crippen molar-refractivity contribution < 1.29 is 22.8 Å². The van der Waals surface area contributed by atoms with E-state index in [4.69, 9.17) is 5.10 Å². The topological polar surface area (TPSA) is 64.0 Å². The number of anilines is 1. The molecule has 172 valence electrons. The number of carbonyl (C=O) groups excluding carboxylic acids is 2. The van der Waals surface area contributed by atoms with Gasteiger partial charge in [0.1, 0.15) is 6.29 Å². The Bertz CT molecular complexity index is 1150. The second-order valence-electron chi connectivity index (χ2n) is 8.19. The molecule has 0 spiro atoms. The first-order valence-corrected chi connectivity index (χ1v) is 10.9. The molecule has 1 aliphatic carbocycles. The Morgan fingerprint density at radius 1 is 1.12 bits per heavy atom. The summed E-state index contributed by atoms with van der Waals surface area (Å²) in [5.41, 5.74) is 4.05. The standard InChI is InChI=1S/C25H24F3N3O2/c1-2-22-21(13-14-32)23(17-5-6-17)31(30-22)15-16-3-11-20(12-4-16)29-24(33)18-7-9-19(10-8-18)25(26,27)28/h3-4,7-12,14,17H,2,5-6,13,15H2,1H3,(H,29,33). The van der Waals surface area contributed by atoms with E-state index in [2.05, 4.69) is 5.32 Å². The van der Waals surface area contributed by atoms with Crippen LogP contribution in [0.5, 0.6) is 0 Å². The van der Waals surface area contributed by atoms with Crippen molar-refractivity contribution in [3.8, 4) is 0 Å². The summed E-state index contributed by atoms with van der Waals surface area (Å²) in [6, 6.07) is 11.4. The highest BCUT2D eigenvalue weighted by Crippen LogP contribution is 2.43. The number of rotatable bonds is 8. The molecule has 0 atom stereocenters. The van der Waals surface area contributed by atoms with Crippen molar-refractivity contribution >= 4 is 17.9 Å². The first-order valence-electron chi connectivity index (χ1n) is 10.9. The van der Waals surface area contributed by atoms with Gasteiger partial charge >= 0.3 is 6.18 Å². The maximum atomic E-state index is 12.7. The van der Waals surface area contributed by atoms with Crippen LogP contribution in [0.4, 0.5) is 18.9 Å². The predicted molar refractivity (Wildman–Crippen MR) is 118 cm³/mol. The van der Waals surface area contributed by atoms with Gasteiger partial charge in [-0.3, -0.25) is 9.48 Å². The fraction of sp³-hybridized carbons (Fsp3) is 0.320. The van der Waals surface area contributed by atoms with Gasteiger partial charge in [0.15, 0.2) is 0 Å². The zero-order chi connectivity index (χ0) is 23.6. The van der Waals surface area contributed by atoms with Gasteiger partial charge in [-0.2, -0.15) is 18.3 Å². The summed E-state index contributed by atoms with van der Waals surface area (Å²) >= 11 is 0. The SMILES string of the molecule is CCc1nn(Cc2ccc(NC(=O)c3ccc(C(F)(F)F)cc3)cc2)c(C2CC2)c1CC=O. The van der Waals surface area contributed by atoms with E-state index in [9.17, 15) is 22.8 Å². The minimum atomic E-state index is -4.44. The smallest absolute Gasteiger partial charge is 0.322 e. The summed E-state index contributed by atoms with van der Waals surface area (Å²) in [6.45, 7) is 2.59. The summed E-state index contributed by atoms with van der Waals surface area (Å²) in [5, 5.41) is 7.45. The second-order valence-corrected chi connectivity index (χ2v) is 8.19. The number of halogens is 3. The van der Waals surface area contributed by atoms with Crippen LogP contribution < -0.4 is 5.32 Å². The molecule has 0 radical (unpaired) electrons. The first kappa shape index (κ1) is 22.8. The first-order chi connectivity index (χ1) is 15.8. The fourth-order valence-electron chi connectivity index (χ4n) is 3.97. The number of nitrogens with zero attached hydrogens (tertiary/aromatic N) is 2. The third-order valence-electron chi connectivity index (χ3n) is 5.78. The molecule has 1 aliphatic rings. The van der Waals surface area contributed by atoms with Gasteiger partial charge in [0.25, 0.3) is 5.91 Å². The van der Waals surface area contributed by atoms with Crippen LogP contribution in [0.25, 0.3) is 0 Å². The number of amides is 1. The molecule has 0 unspecified atom stereocenters. The molecule has 1 fully saturated rings. The monoisotopic (exact) mass is 455 g/mol. The molecule has 0 bridgehead atoms. The second kappa shape index (κ2) is 9.21. The lowest BCUT2D eigenvalue weighted by atomic mass is 10.1. The Labute approximate surface area is 189 Å². The van der Waals surface area contributed by atoms with Crippen molar-refractivity contribution in [3.05, 3.63) is 82.2 Å². The molecule has 1 aromatic heterocycles. The average Bonchev–Trinajstić information content (AvgIpc) is 3.57. The maximum absolute atomic E-state index is 12.7. The van der Waals surface area contributed by atoms with Crippen LogP contribution >= 0.6 is 0 Å². The van der Waals surface area contributed by atoms with E-state index in [1.807, 2.05) is 23.7 Å². The van der Waals surface area contributed by atoms with Gasteiger partial charge < -0.3 is 10.1 Å². The molecule has 0 aliphatic heterocycles. The molecular formula is C25H24F3N3O2. The van der Waals surface area contributed by atoms with Crippen LogP contribution in [0.2, 0.25) is 0 Å². The van der Waals surface area contributed by atoms with Crippen LogP contribution in [-0.2, 0) is 30.4 Å². The van der Waals surface area contributed by atoms with Crippen molar-refractivity contribution in [1.82, 2.24) is 9.78 Å². The average molecular weight is 455 g/mol. The zero-order valence-corrected chi connectivity index (χ0v) is 18.2. The minimum absolute atomic E-state index is 0.146. The number of carbonyl (C=O) groups is 2. The Hall–Kier alpha value is -3.42. The number of nitrogens with one attached hydrogen (secondary N) is 1. The summed E-state index contributed by atoms with van der Waals surface area (Å²) in [7, 11) is 0. The number of aromatic nitrogens is 2. The molecule has 4 rings (SSSR count). The van der Waals surface area contributed by atoms with Gasteiger partial charge in [-0.15, -0.1) is 0 Å². The highest BCUT2D eigenvalue weighted by atomic mass is 19.4. The summed E-state index contributed by atoms with van der Waals surface area (Å²) in [6.07, 6.45) is -0.148. The van der Waals surface area contributed by atoms with Crippen molar-refractivity contribution in [3.63, 3.8) is 0 Å². The number of alkyl halides is 3. The van der Waals surface area contributed by atoms with Gasteiger partial charge in [-0.1, -0.05) is 19.1 Å². The zero-order valence-electron chi connectivity index (χ0n) is 18.2. The lowest BCUT2D eigenvalue weighted by Gasteiger charge is -2.10. The van der Waals surface area contributed by atoms with Crippen molar-refractivity contribution in [2.75, 3.05) is 5.32 Å². The van der Waals surface area contributed by atoms with Gasteiger partial charge in [0.2, 0.25) is 0 Å². The van der Waals surface area contributed by atoms with Gasteiger partial charge in [-0.05, 0) is 61.2 Å². The summed E-state index contributed by atoms with van der Waals surface area (Å²) in [4.78, 5) is 23.5. The Morgan fingerprint density at radius 3 is 2.33 bits per heavy atom. The number of aldehydes is 1. The quantitative estimate of drug-likeness (QED) is 0.464. The van der Waals surface area contributed by atoms with E-state index in [1.54, 1.807) is 12.1 Å². The Balaban J connectivity index is 1.46. The highest BCUT2D eigenvalue weighted by Gasteiger charge is 2.32. The van der Waals surface area contributed by atoms with Crippen LogP contribution in [0.15, 0.2) is 48.5 Å². The Morgan fingerprint density at radius 2 is 1.79 bits per heavy atom. The van der Waals surface area contributed by atoms with E-state index < -0.39 is 17.6 Å². The van der Waals surface area contributed by atoms with E-state index in [1.165, 1.54) is 0 Å². The van der Waals surface area contributed by atoms with Gasteiger partial charge in [0.05, 0.1) is 17.8 Å². The third-order valence-corrected chi connectivity index (χ3v) is 5.78. The molecule has 1 saturated carbocycles. The largest absolute Gasteiger partial charge is 0.416 e. The minimum Gasteiger partial charge on any atom is -0.322 e. The van der Waals surface area contributed by atoms with E-state index in [0.29, 0.717) is 24.6 Å². The molecule has 5 nitrogen and oxygen atoms in total. The number of hydrogen-bond donors (Lipinski definition) is 1. The lowest BCUT2D eigenvalue weighted by Crippen LogP contribution is -2.13. The van der Waals surface area contributed by atoms with Crippen LogP contribution in [0.3, 0.4) is 0 Å². The van der Waals surface area contributed by atoms with E-state index in [0.717, 1.165) is 72.3 Å². The van der Waals surface area contributed by atoms with Crippen molar-refractivity contribution in [1.29, 1.82) is 0 Å². The van der Waals surface area contributed by atoms with Gasteiger partial charge in [-0.25, -0.2) is 0 Å².